The van der Waals surface area contributed by atoms with E-state index in [-0.39, 0.29) is 6.04 Å². The zero-order valence-corrected chi connectivity index (χ0v) is 11.2. The van der Waals surface area contributed by atoms with E-state index < -0.39 is 0 Å². The van der Waals surface area contributed by atoms with E-state index >= 15 is 0 Å². The Labute approximate surface area is 103 Å². The Bertz CT molecular complexity index is 366. The van der Waals surface area contributed by atoms with Crippen molar-refractivity contribution in [2.75, 3.05) is 27.9 Å². The summed E-state index contributed by atoms with van der Waals surface area (Å²) in [6.07, 6.45) is 0. The molecule has 96 valence electrons. The van der Waals surface area contributed by atoms with Gasteiger partial charge < -0.3 is 19.5 Å². The molecule has 0 saturated heterocycles. The van der Waals surface area contributed by atoms with Crippen LogP contribution in [-0.4, -0.2) is 27.9 Å². The average molecular weight is 239 g/mol. The number of methoxy groups -OCH3 is 3. The quantitative estimate of drug-likeness (QED) is 0.827. The van der Waals surface area contributed by atoms with Crippen LogP contribution in [0.5, 0.6) is 17.2 Å². The van der Waals surface area contributed by atoms with Crippen LogP contribution in [0.1, 0.15) is 25.5 Å². The van der Waals surface area contributed by atoms with Gasteiger partial charge in [-0.25, -0.2) is 0 Å². The Morgan fingerprint density at radius 3 is 2.00 bits per heavy atom. The fourth-order valence-electron chi connectivity index (χ4n) is 1.81. The highest BCUT2D eigenvalue weighted by molar-refractivity contribution is 5.51. The molecular formula is C13H21NO3. The highest BCUT2D eigenvalue weighted by atomic mass is 16.5. The second-order valence-electron chi connectivity index (χ2n) is 3.73. The number of benzene rings is 1. The lowest BCUT2D eigenvalue weighted by Gasteiger charge is -2.19. The fourth-order valence-corrected chi connectivity index (χ4v) is 1.81. The van der Waals surface area contributed by atoms with Gasteiger partial charge in [-0.2, -0.15) is 0 Å². The van der Waals surface area contributed by atoms with Crippen molar-refractivity contribution in [1.82, 2.24) is 5.32 Å². The zero-order valence-electron chi connectivity index (χ0n) is 11.2. The Morgan fingerprint density at radius 1 is 1.00 bits per heavy atom. The van der Waals surface area contributed by atoms with E-state index in [0.29, 0.717) is 11.5 Å². The number of nitrogens with one attached hydrogen (secondary N) is 1. The lowest BCUT2D eigenvalue weighted by molar-refractivity contribution is 0.345. The normalized spacial score (nSPS) is 12.1. The van der Waals surface area contributed by atoms with Gasteiger partial charge in [0.05, 0.1) is 21.3 Å². The van der Waals surface area contributed by atoms with Gasteiger partial charge in [-0.05, 0) is 19.5 Å². The Kier molecular flexibility index (Phi) is 5.10. The Balaban J connectivity index is 3.18. The predicted molar refractivity (Wildman–Crippen MR) is 68.2 cm³/mol. The second-order valence-corrected chi connectivity index (χ2v) is 3.73. The molecule has 0 bridgehead atoms. The lowest BCUT2D eigenvalue weighted by atomic mass is 10.1. The molecule has 0 heterocycles. The number of ether oxygens (including phenoxy) is 3. The standard InChI is InChI=1S/C13H21NO3/c1-6-14-9(2)10-7-12(16-4)13(17-5)8-11(10)15-3/h7-9,14H,6H2,1-5H3. The number of hydrogen-bond donors (Lipinski definition) is 1. The van der Waals surface area contributed by atoms with Crippen molar-refractivity contribution >= 4 is 0 Å². The van der Waals surface area contributed by atoms with Gasteiger partial charge >= 0.3 is 0 Å². The maximum Gasteiger partial charge on any atom is 0.164 e. The van der Waals surface area contributed by atoms with E-state index in [0.717, 1.165) is 17.9 Å². The van der Waals surface area contributed by atoms with E-state index in [1.165, 1.54) is 0 Å². The first-order valence-electron chi connectivity index (χ1n) is 5.71. The van der Waals surface area contributed by atoms with E-state index in [1.807, 2.05) is 12.1 Å². The molecule has 1 atom stereocenters. The van der Waals surface area contributed by atoms with E-state index in [1.54, 1.807) is 21.3 Å². The topological polar surface area (TPSA) is 39.7 Å². The van der Waals surface area contributed by atoms with Gasteiger partial charge in [-0.15, -0.1) is 0 Å². The van der Waals surface area contributed by atoms with Crippen molar-refractivity contribution in [1.29, 1.82) is 0 Å². The van der Waals surface area contributed by atoms with E-state index in [4.69, 9.17) is 14.2 Å². The lowest BCUT2D eigenvalue weighted by Crippen LogP contribution is -2.18. The summed E-state index contributed by atoms with van der Waals surface area (Å²) in [6, 6.07) is 4.00. The molecule has 0 spiro atoms. The SMILES string of the molecule is CCNC(C)c1cc(OC)c(OC)cc1OC. The molecule has 17 heavy (non-hydrogen) atoms. The molecule has 0 aromatic heterocycles. The van der Waals surface area contributed by atoms with Crippen molar-refractivity contribution < 1.29 is 14.2 Å². The molecule has 4 nitrogen and oxygen atoms in total. The van der Waals surface area contributed by atoms with Gasteiger partial charge in [0.1, 0.15) is 5.75 Å². The van der Waals surface area contributed by atoms with Crippen LogP contribution in [0.3, 0.4) is 0 Å². The summed E-state index contributed by atoms with van der Waals surface area (Å²) in [5, 5.41) is 3.35. The van der Waals surface area contributed by atoms with Crippen molar-refractivity contribution in [3.05, 3.63) is 17.7 Å². The van der Waals surface area contributed by atoms with Gasteiger partial charge in [0.2, 0.25) is 0 Å². The molecule has 1 unspecified atom stereocenters. The highest BCUT2D eigenvalue weighted by Gasteiger charge is 2.15. The molecular weight excluding hydrogens is 218 g/mol. The van der Waals surface area contributed by atoms with Gasteiger partial charge in [0.15, 0.2) is 11.5 Å². The maximum atomic E-state index is 5.38. The summed E-state index contributed by atoms with van der Waals surface area (Å²) < 4.78 is 15.9. The molecule has 0 aliphatic carbocycles. The molecule has 1 rings (SSSR count). The summed E-state index contributed by atoms with van der Waals surface area (Å²) in [7, 11) is 4.90. The first-order valence-corrected chi connectivity index (χ1v) is 5.71. The maximum absolute atomic E-state index is 5.38. The van der Waals surface area contributed by atoms with Crippen molar-refractivity contribution in [3.8, 4) is 17.2 Å². The van der Waals surface area contributed by atoms with Gasteiger partial charge in [-0.1, -0.05) is 6.92 Å². The molecule has 0 aliphatic rings. The largest absolute Gasteiger partial charge is 0.496 e. The Hall–Kier alpha value is -1.42. The molecule has 1 aromatic rings. The zero-order chi connectivity index (χ0) is 12.8. The van der Waals surface area contributed by atoms with Crippen LogP contribution in [-0.2, 0) is 0 Å². The molecule has 0 radical (unpaired) electrons. The van der Waals surface area contributed by atoms with Crippen LogP contribution in [0.4, 0.5) is 0 Å². The summed E-state index contributed by atoms with van der Waals surface area (Å²) in [5.74, 6) is 2.20. The highest BCUT2D eigenvalue weighted by Crippen LogP contribution is 2.37. The average Bonchev–Trinajstić information content (AvgIpc) is 2.37. The van der Waals surface area contributed by atoms with Gasteiger partial charge in [0.25, 0.3) is 0 Å². The van der Waals surface area contributed by atoms with Crippen LogP contribution in [0.2, 0.25) is 0 Å². The van der Waals surface area contributed by atoms with Crippen LogP contribution in [0, 0.1) is 0 Å². The van der Waals surface area contributed by atoms with Gasteiger partial charge in [0, 0.05) is 17.7 Å². The third-order valence-corrected chi connectivity index (χ3v) is 2.71. The molecule has 0 saturated carbocycles. The minimum atomic E-state index is 0.203. The first-order chi connectivity index (χ1) is 8.17. The van der Waals surface area contributed by atoms with Crippen LogP contribution >= 0.6 is 0 Å². The van der Waals surface area contributed by atoms with Crippen molar-refractivity contribution in [2.45, 2.75) is 19.9 Å². The van der Waals surface area contributed by atoms with Crippen LogP contribution in [0.25, 0.3) is 0 Å². The minimum absolute atomic E-state index is 0.203. The predicted octanol–water partition coefficient (Wildman–Crippen LogP) is 2.38. The molecule has 0 amide bonds. The van der Waals surface area contributed by atoms with Crippen molar-refractivity contribution in [2.24, 2.45) is 0 Å². The molecule has 1 aromatic carbocycles. The monoisotopic (exact) mass is 239 g/mol. The molecule has 0 fully saturated rings. The number of hydrogen-bond acceptors (Lipinski definition) is 4. The molecule has 1 N–H and O–H groups in total. The molecule has 0 aliphatic heterocycles. The minimum Gasteiger partial charge on any atom is -0.496 e. The summed E-state index contributed by atoms with van der Waals surface area (Å²) in [4.78, 5) is 0. The molecule has 4 heteroatoms. The van der Waals surface area contributed by atoms with Crippen molar-refractivity contribution in [3.63, 3.8) is 0 Å². The van der Waals surface area contributed by atoms with E-state index in [9.17, 15) is 0 Å². The third kappa shape index (κ3) is 3.03. The van der Waals surface area contributed by atoms with Crippen LogP contribution < -0.4 is 19.5 Å². The van der Waals surface area contributed by atoms with E-state index in [2.05, 4.69) is 19.2 Å². The summed E-state index contributed by atoms with van der Waals surface area (Å²) in [5.41, 5.74) is 1.06. The second kappa shape index (κ2) is 6.35. The Morgan fingerprint density at radius 2 is 1.53 bits per heavy atom. The summed E-state index contributed by atoms with van der Waals surface area (Å²) >= 11 is 0. The summed E-state index contributed by atoms with van der Waals surface area (Å²) in [6.45, 7) is 5.07. The number of rotatable bonds is 6. The van der Waals surface area contributed by atoms with Crippen LogP contribution in [0.15, 0.2) is 12.1 Å². The smallest absolute Gasteiger partial charge is 0.164 e. The first kappa shape index (κ1) is 13.6. The fraction of sp³-hybridized carbons (Fsp3) is 0.538. The third-order valence-electron chi connectivity index (χ3n) is 2.71. The van der Waals surface area contributed by atoms with Gasteiger partial charge in [-0.3, -0.25) is 0 Å².